The van der Waals surface area contributed by atoms with E-state index in [1.807, 2.05) is 25.1 Å². The molecule has 2 heteroatoms. The highest BCUT2D eigenvalue weighted by atomic mass is 35.5. The second-order valence-corrected chi connectivity index (χ2v) is 3.44. The van der Waals surface area contributed by atoms with E-state index < -0.39 is 0 Å². The molecule has 0 heterocycles. The van der Waals surface area contributed by atoms with Crippen LogP contribution in [0, 0.1) is 18.8 Å². The van der Waals surface area contributed by atoms with E-state index in [2.05, 4.69) is 11.8 Å². The van der Waals surface area contributed by atoms with Crippen LogP contribution in [0.5, 0.6) is 0 Å². The van der Waals surface area contributed by atoms with Crippen molar-refractivity contribution < 1.29 is 0 Å². The molecule has 68 valence electrons. The van der Waals surface area contributed by atoms with Crippen LogP contribution in [0.3, 0.4) is 0 Å². The fourth-order valence-corrected chi connectivity index (χ4v) is 1.22. The van der Waals surface area contributed by atoms with Gasteiger partial charge in [0.05, 0.1) is 0 Å². The molecule has 1 aromatic rings. The van der Waals surface area contributed by atoms with Crippen LogP contribution in [0.4, 0.5) is 0 Å². The molecule has 0 spiro atoms. The number of halogens is 2. The quantitative estimate of drug-likeness (QED) is 0.493. The molecule has 0 saturated heterocycles. The summed E-state index contributed by atoms with van der Waals surface area (Å²) in [6.07, 6.45) is 0.716. The highest BCUT2D eigenvalue weighted by Gasteiger charge is 1.97. The fraction of sp³-hybridized carbons (Fsp3) is 0.273. The molecule has 0 fully saturated rings. The van der Waals surface area contributed by atoms with Gasteiger partial charge in [0, 0.05) is 22.9 Å². The van der Waals surface area contributed by atoms with Gasteiger partial charge in [0.1, 0.15) is 0 Å². The number of benzene rings is 1. The molecule has 1 rings (SSSR count). The van der Waals surface area contributed by atoms with Crippen molar-refractivity contribution in [3.8, 4) is 11.8 Å². The zero-order chi connectivity index (χ0) is 9.68. The van der Waals surface area contributed by atoms with Gasteiger partial charge in [0.2, 0.25) is 0 Å². The Morgan fingerprint density at radius 2 is 2.15 bits per heavy atom. The van der Waals surface area contributed by atoms with Crippen LogP contribution >= 0.6 is 23.2 Å². The van der Waals surface area contributed by atoms with Gasteiger partial charge in [0.25, 0.3) is 0 Å². The van der Waals surface area contributed by atoms with Crippen LogP contribution in [0.1, 0.15) is 17.5 Å². The smallest absolute Gasteiger partial charge is 0.0447 e. The lowest BCUT2D eigenvalue weighted by Gasteiger charge is -1.98. The van der Waals surface area contributed by atoms with Gasteiger partial charge in [-0.3, -0.25) is 0 Å². The molecule has 0 radical (unpaired) electrons. The number of alkyl halides is 1. The number of hydrogen-bond donors (Lipinski definition) is 0. The molecule has 0 saturated carbocycles. The minimum absolute atomic E-state index is 0.576. The third-order valence-electron chi connectivity index (χ3n) is 1.71. The number of rotatable bonds is 1. The summed E-state index contributed by atoms with van der Waals surface area (Å²) in [7, 11) is 0. The zero-order valence-electron chi connectivity index (χ0n) is 7.40. The van der Waals surface area contributed by atoms with E-state index in [4.69, 9.17) is 23.2 Å². The molecule has 0 N–H and O–H groups in total. The topological polar surface area (TPSA) is 0 Å². The monoisotopic (exact) mass is 212 g/mol. The van der Waals surface area contributed by atoms with Crippen molar-refractivity contribution in [2.24, 2.45) is 0 Å². The molecule has 1 aromatic carbocycles. The molecule has 0 aliphatic heterocycles. The van der Waals surface area contributed by atoms with Crippen LogP contribution < -0.4 is 0 Å². The number of hydrogen-bond acceptors (Lipinski definition) is 0. The van der Waals surface area contributed by atoms with Gasteiger partial charge in [-0.05, 0) is 24.6 Å². The highest BCUT2D eigenvalue weighted by molar-refractivity contribution is 6.31. The molecular formula is C11H10Cl2. The van der Waals surface area contributed by atoms with Gasteiger partial charge in [-0.2, -0.15) is 0 Å². The zero-order valence-corrected chi connectivity index (χ0v) is 8.91. The van der Waals surface area contributed by atoms with Crippen LogP contribution in [-0.4, -0.2) is 5.88 Å². The Bertz CT molecular complexity index is 345. The third kappa shape index (κ3) is 2.95. The van der Waals surface area contributed by atoms with Crippen LogP contribution in [-0.2, 0) is 0 Å². The van der Waals surface area contributed by atoms with Gasteiger partial charge in [-0.25, -0.2) is 0 Å². The molecule has 0 aliphatic carbocycles. The van der Waals surface area contributed by atoms with E-state index >= 15 is 0 Å². The normalized spacial score (nSPS) is 9.15. The van der Waals surface area contributed by atoms with E-state index in [1.165, 1.54) is 0 Å². The first kappa shape index (κ1) is 10.4. The Hall–Kier alpha value is -0.640. The average Bonchev–Trinajstić information content (AvgIpc) is 2.13. The van der Waals surface area contributed by atoms with Crippen LogP contribution in [0.15, 0.2) is 18.2 Å². The van der Waals surface area contributed by atoms with Gasteiger partial charge >= 0.3 is 0 Å². The standard InChI is InChI=1S/C11H10Cl2/c1-9-10(5-2-3-8-12)6-4-7-11(9)13/h4,6-7H,3,8H2,1H3. The second kappa shape index (κ2) is 5.17. The van der Waals surface area contributed by atoms with Crippen molar-refractivity contribution in [1.29, 1.82) is 0 Å². The molecule has 13 heavy (non-hydrogen) atoms. The van der Waals surface area contributed by atoms with Gasteiger partial charge in [-0.1, -0.05) is 29.5 Å². The van der Waals surface area contributed by atoms with Crippen molar-refractivity contribution in [3.63, 3.8) is 0 Å². The largest absolute Gasteiger partial charge is 0.126 e. The predicted octanol–water partition coefficient (Wildman–Crippen LogP) is 3.63. The Labute approximate surface area is 88.9 Å². The highest BCUT2D eigenvalue weighted by Crippen LogP contribution is 2.17. The van der Waals surface area contributed by atoms with E-state index in [0.717, 1.165) is 16.1 Å². The fourth-order valence-electron chi connectivity index (χ4n) is 0.948. The Morgan fingerprint density at radius 1 is 1.38 bits per heavy atom. The first-order chi connectivity index (χ1) is 6.25. The molecule has 0 aliphatic rings. The Kier molecular flexibility index (Phi) is 4.15. The predicted molar refractivity (Wildman–Crippen MR) is 58.4 cm³/mol. The summed E-state index contributed by atoms with van der Waals surface area (Å²) in [6, 6.07) is 5.73. The molecule has 0 amide bonds. The lowest BCUT2D eigenvalue weighted by molar-refractivity contribution is 1.29. The third-order valence-corrected chi connectivity index (χ3v) is 2.31. The second-order valence-electron chi connectivity index (χ2n) is 2.65. The summed E-state index contributed by atoms with van der Waals surface area (Å²) < 4.78 is 0. The Morgan fingerprint density at radius 3 is 2.85 bits per heavy atom. The lowest BCUT2D eigenvalue weighted by Crippen LogP contribution is -1.82. The minimum Gasteiger partial charge on any atom is -0.126 e. The minimum atomic E-state index is 0.576. The molecule has 0 unspecified atom stereocenters. The summed E-state index contributed by atoms with van der Waals surface area (Å²) in [4.78, 5) is 0. The van der Waals surface area contributed by atoms with E-state index in [0.29, 0.717) is 12.3 Å². The molecular weight excluding hydrogens is 203 g/mol. The van der Waals surface area contributed by atoms with Crippen LogP contribution in [0.2, 0.25) is 5.02 Å². The first-order valence-electron chi connectivity index (χ1n) is 4.05. The Balaban J connectivity index is 2.91. The van der Waals surface area contributed by atoms with E-state index in [-0.39, 0.29) is 0 Å². The average molecular weight is 213 g/mol. The first-order valence-corrected chi connectivity index (χ1v) is 4.97. The maximum atomic E-state index is 5.93. The lowest BCUT2D eigenvalue weighted by atomic mass is 10.1. The maximum Gasteiger partial charge on any atom is 0.0447 e. The SMILES string of the molecule is Cc1c(Cl)cccc1C#CCCCl. The van der Waals surface area contributed by atoms with Crippen molar-refractivity contribution in [1.82, 2.24) is 0 Å². The summed E-state index contributed by atoms with van der Waals surface area (Å²) >= 11 is 11.4. The summed E-state index contributed by atoms with van der Waals surface area (Å²) in [5.41, 5.74) is 2.02. The molecule has 0 bridgehead atoms. The van der Waals surface area contributed by atoms with E-state index in [9.17, 15) is 0 Å². The van der Waals surface area contributed by atoms with Gasteiger partial charge in [-0.15, -0.1) is 11.6 Å². The van der Waals surface area contributed by atoms with Gasteiger partial charge < -0.3 is 0 Å². The van der Waals surface area contributed by atoms with Crippen molar-refractivity contribution >= 4 is 23.2 Å². The maximum absolute atomic E-state index is 5.93. The van der Waals surface area contributed by atoms with Crippen molar-refractivity contribution in [2.45, 2.75) is 13.3 Å². The van der Waals surface area contributed by atoms with Crippen LogP contribution in [0.25, 0.3) is 0 Å². The molecule has 0 atom stereocenters. The molecule has 0 nitrogen and oxygen atoms in total. The van der Waals surface area contributed by atoms with Crippen molar-refractivity contribution in [2.75, 3.05) is 5.88 Å². The molecule has 0 aromatic heterocycles. The summed E-state index contributed by atoms with van der Waals surface area (Å²) in [6.45, 7) is 1.97. The summed E-state index contributed by atoms with van der Waals surface area (Å²) in [5.74, 6) is 6.59. The van der Waals surface area contributed by atoms with Crippen molar-refractivity contribution in [3.05, 3.63) is 34.3 Å². The van der Waals surface area contributed by atoms with E-state index in [1.54, 1.807) is 0 Å². The summed E-state index contributed by atoms with van der Waals surface area (Å²) in [5, 5.41) is 0.762. The van der Waals surface area contributed by atoms with Gasteiger partial charge in [0.15, 0.2) is 0 Å².